The minimum absolute atomic E-state index is 0.233. The highest BCUT2D eigenvalue weighted by Crippen LogP contribution is 2.11. The van der Waals surface area contributed by atoms with Crippen molar-refractivity contribution in [1.29, 1.82) is 0 Å². The molecule has 0 saturated heterocycles. The first-order valence-corrected chi connectivity index (χ1v) is 4.22. The van der Waals surface area contributed by atoms with Gasteiger partial charge in [-0.1, -0.05) is 0 Å². The molecule has 14 heavy (non-hydrogen) atoms. The summed E-state index contributed by atoms with van der Waals surface area (Å²) in [7, 11) is 0. The van der Waals surface area contributed by atoms with E-state index in [2.05, 4.69) is 4.98 Å². The van der Waals surface area contributed by atoms with Crippen LogP contribution in [0.5, 0.6) is 0 Å². The number of nitrogens with one attached hydrogen (secondary N) is 1. The largest absolute Gasteiger partial charge is 0.325 e. The minimum Gasteiger partial charge on any atom is -0.325 e. The molecular weight excluding hydrogens is 183 g/mol. The predicted octanol–water partition coefficient (Wildman–Crippen LogP) is 1.13. The van der Waals surface area contributed by atoms with Gasteiger partial charge in [-0.2, -0.15) is 0 Å². The van der Waals surface area contributed by atoms with Gasteiger partial charge < -0.3 is 10.7 Å². The quantitative estimate of drug-likeness (QED) is 0.711. The average molecular weight is 192 g/mol. The van der Waals surface area contributed by atoms with Crippen molar-refractivity contribution in [3.05, 3.63) is 46.1 Å². The molecule has 2 aromatic rings. The summed E-state index contributed by atoms with van der Waals surface area (Å²) in [6.45, 7) is 0.238. The number of halogens is 1. The number of H-pyrrole nitrogens is 1. The molecule has 2 rings (SSSR count). The number of rotatable bonds is 1. The van der Waals surface area contributed by atoms with E-state index in [9.17, 15) is 9.18 Å². The van der Waals surface area contributed by atoms with Crippen LogP contribution < -0.4 is 11.3 Å². The highest BCUT2D eigenvalue weighted by Gasteiger charge is 2.01. The van der Waals surface area contributed by atoms with Gasteiger partial charge in [-0.3, -0.25) is 4.79 Å². The Balaban J connectivity index is 2.84. The third-order valence-corrected chi connectivity index (χ3v) is 2.08. The zero-order valence-corrected chi connectivity index (χ0v) is 7.38. The fourth-order valence-corrected chi connectivity index (χ4v) is 1.41. The van der Waals surface area contributed by atoms with E-state index in [-0.39, 0.29) is 17.9 Å². The van der Waals surface area contributed by atoms with E-state index in [0.29, 0.717) is 16.5 Å². The maximum absolute atomic E-state index is 12.9. The zero-order chi connectivity index (χ0) is 10.1. The lowest BCUT2D eigenvalue weighted by Crippen LogP contribution is -2.11. The van der Waals surface area contributed by atoms with Gasteiger partial charge in [0.25, 0.3) is 5.56 Å². The summed E-state index contributed by atoms with van der Waals surface area (Å²) < 4.78 is 12.9. The van der Waals surface area contributed by atoms with E-state index in [0.717, 1.165) is 0 Å². The van der Waals surface area contributed by atoms with Crippen molar-refractivity contribution in [1.82, 2.24) is 4.98 Å². The highest BCUT2D eigenvalue weighted by atomic mass is 19.1. The van der Waals surface area contributed by atoms with Gasteiger partial charge >= 0.3 is 0 Å². The van der Waals surface area contributed by atoms with Crippen molar-refractivity contribution < 1.29 is 4.39 Å². The normalized spacial score (nSPS) is 10.7. The molecule has 0 spiro atoms. The molecule has 0 aliphatic rings. The fraction of sp³-hybridized carbons (Fsp3) is 0.100. The Hall–Kier alpha value is -1.68. The van der Waals surface area contributed by atoms with Crippen LogP contribution in [0.15, 0.2) is 29.1 Å². The summed E-state index contributed by atoms with van der Waals surface area (Å²) in [4.78, 5) is 14.1. The SMILES string of the molecule is NCc1cc2cc(F)ccc2c(=O)[nH]1. The Morgan fingerprint density at radius 1 is 1.36 bits per heavy atom. The fourth-order valence-electron chi connectivity index (χ4n) is 1.41. The van der Waals surface area contributed by atoms with Crippen molar-refractivity contribution in [3.8, 4) is 0 Å². The summed E-state index contributed by atoms with van der Waals surface area (Å²) in [6, 6.07) is 5.73. The number of hydrogen-bond acceptors (Lipinski definition) is 2. The maximum atomic E-state index is 12.9. The van der Waals surface area contributed by atoms with Gasteiger partial charge in [0.2, 0.25) is 0 Å². The molecule has 1 heterocycles. The lowest BCUT2D eigenvalue weighted by molar-refractivity contribution is 0.629. The summed E-state index contributed by atoms with van der Waals surface area (Å²) in [5, 5.41) is 1.05. The molecule has 3 nitrogen and oxygen atoms in total. The van der Waals surface area contributed by atoms with Gasteiger partial charge in [0.05, 0.1) is 0 Å². The molecule has 1 aromatic carbocycles. The summed E-state index contributed by atoms with van der Waals surface area (Å²) in [5.41, 5.74) is 5.76. The van der Waals surface area contributed by atoms with Crippen molar-refractivity contribution in [2.24, 2.45) is 5.73 Å². The van der Waals surface area contributed by atoms with Crippen LogP contribution in [0.3, 0.4) is 0 Å². The summed E-state index contributed by atoms with van der Waals surface area (Å²) in [5.74, 6) is -0.355. The van der Waals surface area contributed by atoms with Gasteiger partial charge in [-0.15, -0.1) is 0 Å². The van der Waals surface area contributed by atoms with Crippen LogP contribution in [-0.4, -0.2) is 4.98 Å². The van der Waals surface area contributed by atoms with Crippen LogP contribution in [0.25, 0.3) is 10.8 Å². The van der Waals surface area contributed by atoms with E-state index < -0.39 is 0 Å². The molecular formula is C10H9FN2O. The van der Waals surface area contributed by atoms with E-state index in [1.54, 1.807) is 6.07 Å². The molecule has 0 unspecified atom stereocenters. The highest BCUT2D eigenvalue weighted by molar-refractivity contribution is 5.81. The first kappa shape index (κ1) is 8.90. The second-order valence-electron chi connectivity index (χ2n) is 3.06. The number of aromatic nitrogens is 1. The number of aromatic amines is 1. The third-order valence-electron chi connectivity index (χ3n) is 2.08. The monoisotopic (exact) mass is 192 g/mol. The van der Waals surface area contributed by atoms with Gasteiger partial charge in [0.1, 0.15) is 5.82 Å². The van der Waals surface area contributed by atoms with Gasteiger partial charge in [-0.05, 0) is 29.7 Å². The molecule has 0 aliphatic carbocycles. The number of hydrogen-bond donors (Lipinski definition) is 2. The molecule has 1 aromatic heterocycles. The maximum Gasteiger partial charge on any atom is 0.256 e. The molecule has 0 bridgehead atoms. The number of benzene rings is 1. The van der Waals surface area contributed by atoms with Crippen LogP contribution in [0.4, 0.5) is 4.39 Å². The Labute approximate surface area is 79.4 Å². The van der Waals surface area contributed by atoms with E-state index in [1.807, 2.05) is 0 Å². The van der Waals surface area contributed by atoms with Crippen molar-refractivity contribution in [2.45, 2.75) is 6.54 Å². The Bertz CT molecular complexity index is 533. The molecule has 0 aliphatic heterocycles. The molecule has 4 heteroatoms. The van der Waals surface area contributed by atoms with E-state index in [1.165, 1.54) is 18.2 Å². The molecule has 0 saturated carbocycles. The second kappa shape index (κ2) is 3.23. The predicted molar refractivity (Wildman–Crippen MR) is 52.4 cm³/mol. The van der Waals surface area contributed by atoms with Gasteiger partial charge in [-0.25, -0.2) is 4.39 Å². The lowest BCUT2D eigenvalue weighted by atomic mass is 10.1. The topological polar surface area (TPSA) is 58.9 Å². The number of nitrogens with two attached hydrogens (primary N) is 1. The average Bonchev–Trinajstić information content (AvgIpc) is 2.16. The van der Waals surface area contributed by atoms with Crippen LogP contribution >= 0.6 is 0 Å². The molecule has 3 N–H and O–H groups in total. The van der Waals surface area contributed by atoms with Crippen molar-refractivity contribution in [3.63, 3.8) is 0 Å². The summed E-state index contributed by atoms with van der Waals surface area (Å²) >= 11 is 0. The first-order valence-electron chi connectivity index (χ1n) is 4.22. The van der Waals surface area contributed by atoms with E-state index >= 15 is 0 Å². The standard InChI is InChI=1S/C10H9FN2O/c11-7-1-2-9-6(3-7)4-8(5-12)13-10(9)14/h1-4H,5,12H2,(H,13,14). The molecule has 0 amide bonds. The Morgan fingerprint density at radius 2 is 2.14 bits per heavy atom. The van der Waals surface area contributed by atoms with Crippen LogP contribution in [0.2, 0.25) is 0 Å². The second-order valence-corrected chi connectivity index (χ2v) is 3.06. The first-order chi connectivity index (χ1) is 6.70. The number of pyridine rings is 1. The Morgan fingerprint density at radius 3 is 2.86 bits per heavy atom. The van der Waals surface area contributed by atoms with Crippen LogP contribution in [0, 0.1) is 5.82 Å². The lowest BCUT2D eigenvalue weighted by Gasteiger charge is -2.00. The van der Waals surface area contributed by atoms with E-state index in [4.69, 9.17) is 5.73 Å². The summed E-state index contributed by atoms with van der Waals surface area (Å²) in [6.07, 6.45) is 0. The smallest absolute Gasteiger partial charge is 0.256 e. The van der Waals surface area contributed by atoms with Gasteiger partial charge in [0.15, 0.2) is 0 Å². The third kappa shape index (κ3) is 1.40. The Kier molecular flexibility index (Phi) is 2.05. The van der Waals surface area contributed by atoms with Crippen molar-refractivity contribution in [2.75, 3.05) is 0 Å². The zero-order valence-electron chi connectivity index (χ0n) is 7.38. The molecule has 0 radical (unpaired) electrons. The number of fused-ring (bicyclic) bond motifs is 1. The molecule has 72 valence electrons. The van der Waals surface area contributed by atoms with Crippen LogP contribution in [-0.2, 0) is 6.54 Å². The van der Waals surface area contributed by atoms with Gasteiger partial charge in [0, 0.05) is 17.6 Å². The van der Waals surface area contributed by atoms with Crippen molar-refractivity contribution >= 4 is 10.8 Å². The van der Waals surface area contributed by atoms with Crippen LogP contribution in [0.1, 0.15) is 5.69 Å². The molecule has 0 atom stereocenters. The minimum atomic E-state index is -0.355. The molecule has 0 fully saturated rings.